The van der Waals surface area contributed by atoms with Crippen LogP contribution in [0.3, 0.4) is 0 Å². The summed E-state index contributed by atoms with van der Waals surface area (Å²) < 4.78 is 5.78. The van der Waals surface area contributed by atoms with Gasteiger partial charge in [0.25, 0.3) is 0 Å². The molecule has 1 aliphatic rings. The molecule has 2 unspecified atom stereocenters. The van der Waals surface area contributed by atoms with Crippen LogP contribution in [-0.2, 0) is 0 Å². The molecule has 0 radical (unpaired) electrons. The fraction of sp³-hybridized carbons (Fsp3) is 0.625. The van der Waals surface area contributed by atoms with Gasteiger partial charge in [0.15, 0.2) is 0 Å². The first kappa shape index (κ1) is 15.7. The average Bonchev–Trinajstić information content (AvgIpc) is 2.50. The number of para-hydroxylation sites is 1. The van der Waals surface area contributed by atoms with E-state index >= 15 is 0 Å². The predicted molar refractivity (Wildman–Crippen MR) is 87.5 cm³/mol. The van der Waals surface area contributed by atoms with Crippen LogP contribution >= 0.6 is 11.8 Å². The molecule has 0 aliphatic carbocycles. The number of benzene rings is 1. The Hall–Kier alpha value is -0.710. The van der Waals surface area contributed by atoms with Gasteiger partial charge in [-0.3, -0.25) is 4.90 Å². The summed E-state index contributed by atoms with van der Waals surface area (Å²) in [5.41, 5.74) is 7.32. The summed E-state index contributed by atoms with van der Waals surface area (Å²) in [5, 5.41) is 0.733. The van der Waals surface area contributed by atoms with Gasteiger partial charge in [0.2, 0.25) is 0 Å². The number of hydrogen-bond acceptors (Lipinski definition) is 4. The lowest BCUT2D eigenvalue weighted by molar-refractivity contribution is 0.202. The van der Waals surface area contributed by atoms with Gasteiger partial charge in [-0.25, -0.2) is 0 Å². The largest absolute Gasteiger partial charge is 0.494 e. The quantitative estimate of drug-likeness (QED) is 0.875. The zero-order chi connectivity index (χ0) is 14.4. The highest BCUT2D eigenvalue weighted by Gasteiger charge is 2.27. The summed E-state index contributed by atoms with van der Waals surface area (Å²) in [6.45, 7) is 7.88. The summed E-state index contributed by atoms with van der Waals surface area (Å²) in [4.78, 5) is 2.53. The van der Waals surface area contributed by atoms with Crippen LogP contribution in [0.2, 0.25) is 0 Å². The Morgan fingerprint density at radius 2 is 2.20 bits per heavy atom. The third kappa shape index (κ3) is 3.68. The zero-order valence-electron chi connectivity index (χ0n) is 12.5. The van der Waals surface area contributed by atoms with Gasteiger partial charge >= 0.3 is 0 Å². The molecule has 1 aromatic carbocycles. The minimum atomic E-state index is 0.271. The second-order valence-corrected chi connectivity index (χ2v) is 6.53. The second-order valence-electron chi connectivity index (χ2n) is 5.12. The maximum Gasteiger partial charge on any atom is 0.124 e. The maximum atomic E-state index is 6.08. The van der Waals surface area contributed by atoms with Gasteiger partial charge in [0.05, 0.1) is 12.6 Å². The highest BCUT2D eigenvalue weighted by atomic mass is 32.2. The Morgan fingerprint density at radius 3 is 2.90 bits per heavy atom. The van der Waals surface area contributed by atoms with Crippen molar-refractivity contribution >= 4 is 11.8 Å². The number of hydrogen-bond donors (Lipinski definition) is 1. The third-order valence-corrected chi connectivity index (χ3v) is 5.24. The van der Waals surface area contributed by atoms with Gasteiger partial charge in [-0.1, -0.05) is 25.1 Å². The van der Waals surface area contributed by atoms with Gasteiger partial charge in [-0.05, 0) is 19.4 Å². The maximum absolute atomic E-state index is 6.08. The summed E-state index contributed by atoms with van der Waals surface area (Å²) in [6, 6.07) is 8.59. The summed E-state index contributed by atoms with van der Waals surface area (Å²) in [6.07, 6.45) is 1.23. The number of nitrogens with two attached hydrogens (primary N) is 1. The van der Waals surface area contributed by atoms with Crippen LogP contribution in [0.25, 0.3) is 0 Å². The molecule has 1 heterocycles. The lowest BCUT2D eigenvalue weighted by atomic mass is 10.0. The Balaban J connectivity index is 2.18. The standard InChI is InChI=1S/C16H26N2OS/c1-3-13-12-18(9-10-20-13)15(11-17)14-7-5-6-8-16(14)19-4-2/h5-8,13,15H,3-4,9-12,17H2,1-2H3. The average molecular weight is 294 g/mol. The molecule has 4 heteroatoms. The monoisotopic (exact) mass is 294 g/mol. The SMILES string of the molecule is CCOc1ccccc1C(CN)N1CCSC(CC)C1. The molecule has 112 valence electrons. The fourth-order valence-electron chi connectivity index (χ4n) is 2.79. The smallest absolute Gasteiger partial charge is 0.124 e. The lowest BCUT2D eigenvalue weighted by Gasteiger charge is -2.38. The topological polar surface area (TPSA) is 38.5 Å². The Bertz CT molecular complexity index is 413. The molecule has 2 N–H and O–H groups in total. The van der Waals surface area contributed by atoms with E-state index in [0.29, 0.717) is 13.2 Å². The van der Waals surface area contributed by atoms with Crippen molar-refractivity contribution in [1.29, 1.82) is 0 Å². The van der Waals surface area contributed by atoms with Crippen molar-refractivity contribution in [2.24, 2.45) is 5.73 Å². The van der Waals surface area contributed by atoms with Crippen LogP contribution in [0.4, 0.5) is 0 Å². The van der Waals surface area contributed by atoms with E-state index in [1.165, 1.54) is 17.7 Å². The molecule has 2 atom stereocenters. The van der Waals surface area contributed by atoms with E-state index in [0.717, 1.165) is 24.1 Å². The van der Waals surface area contributed by atoms with Crippen molar-refractivity contribution in [2.45, 2.75) is 31.6 Å². The molecule has 0 saturated carbocycles. The van der Waals surface area contributed by atoms with Crippen LogP contribution in [0.1, 0.15) is 31.9 Å². The molecule has 3 nitrogen and oxygen atoms in total. The van der Waals surface area contributed by atoms with Crippen molar-refractivity contribution in [3.8, 4) is 5.75 Å². The van der Waals surface area contributed by atoms with Crippen molar-refractivity contribution in [3.63, 3.8) is 0 Å². The third-order valence-electron chi connectivity index (χ3n) is 3.87. The predicted octanol–water partition coefficient (Wildman–Crippen LogP) is 2.91. The Morgan fingerprint density at radius 1 is 1.40 bits per heavy atom. The first-order chi connectivity index (χ1) is 9.80. The molecule has 0 bridgehead atoms. The molecule has 0 spiro atoms. The van der Waals surface area contributed by atoms with Gasteiger partial charge < -0.3 is 10.5 Å². The first-order valence-corrected chi connectivity index (χ1v) is 8.62. The van der Waals surface area contributed by atoms with E-state index in [1.54, 1.807) is 0 Å². The Labute approximate surface area is 126 Å². The van der Waals surface area contributed by atoms with Crippen molar-refractivity contribution < 1.29 is 4.74 Å². The molecule has 0 amide bonds. The molecular formula is C16H26N2OS. The molecule has 1 fully saturated rings. The molecule has 2 rings (SSSR count). The molecule has 1 aromatic rings. The van der Waals surface area contributed by atoms with Crippen molar-refractivity contribution in [3.05, 3.63) is 29.8 Å². The molecular weight excluding hydrogens is 268 g/mol. The number of ether oxygens (including phenoxy) is 1. The van der Waals surface area contributed by atoms with Gasteiger partial charge in [0.1, 0.15) is 5.75 Å². The minimum absolute atomic E-state index is 0.271. The van der Waals surface area contributed by atoms with E-state index in [-0.39, 0.29) is 6.04 Å². The van der Waals surface area contributed by atoms with Crippen LogP contribution in [0.5, 0.6) is 5.75 Å². The molecule has 1 saturated heterocycles. The normalized spacial score (nSPS) is 21.6. The highest BCUT2D eigenvalue weighted by Crippen LogP contribution is 2.32. The highest BCUT2D eigenvalue weighted by molar-refractivity contribution is 8.00. The van der Waals surface area contributed by atoms with Crippen molar-refractivity contribution in [1.82, 2.24) is 4.90 Å². The van der Waals surface area contributed by atoms with E-state index in [9.17, 15) is 0 Å². The van der Waals surface area contributed by atoms with E-state index in [4.69, 9.17) is 10.5 Å². The molecule has 1 aliphatic heterocycles. The van der Waals surface area contributed by atoms with E-state index < -0.39 is 0 Å². The zero-order valence-corrected chi connectivity index (χ0v) is 13.4. The summed E-state index contributed by atoms with van der Waals surface area (Å²) in [7, 11) is 0. The lowest BCUT2D eigenvalue weighted by Crippen LogP contribution is -2.42. The Kier molecular flexibility index (Phi) is 6.20. The molecule has 0 aromatic heterocycles. The van der Waals surface area contributed by atoms with Crippen molar-refractivity contribution in [2.75, 3.05) is 32.0 Å². The molecule has 20 heavy (non-hydrogen) atoms. The fourth-order valence-corrected chi connectivity index (χ4v) is 3.99. The van der Waals surface area contributed by atoms with Crippen LogP contribution < -0.4 is 10.5 Å². The van der Waals surface area contributed by atoms with Crippen LogP contribution in [0.15, 0.2) is 24.3 Å². The second kappa shape index (κ2) is 7.91. The number of thioether (sulfide) groups is 1. The summed E-state index contributed by atoms with van der Waals surface area (Å²) >= 11 is 2.09. The minimum Gasteiger partial charge on any atom is -0.494 e. The van der Waals surface area contributed by atoms with Gasteiger partial charge in [0, 0.05) is 36.2 Å². The number of nitrogens with zero attached hydrogens (tertiary/aromatic N) is 1. The van der Waals surface area contributed by atoms with Crippen LogP contribution in [0, 0.1) is 0 Å². The summed E-state index contributed by atoms with van der Waals surface area (Å²) in [5.74, 6) is 2.18. The van der Waals surface area contributed by atoms with Gasteiger partial charge in [-0.15, -0.1) is 0 Å². The van der Waals surface area contributed by atoms with Gasteiger partial charge in [-0.2, -0.15) is 11.8 Å². The van der Waals surface area contributed by atoms with E-state index in [1.807, 2.05) is 13.0 Å². The van der Waals surface area contributed by atoms with E-state index in [2.05, 4.69) is 41.8 Å². The van der Waals surface area contributed by atoms with Crippen LogP contribution in [-0.4, -0.2) is 42.1 Å². The number of rotatable bonds is 6. The first-order valence-electron chi connectivity index (χ1n) is 7.57.